The molecule has 0 unspecified atom stereocenters. The lowest BCUT2D eigenvalue weighted by Crippen LogP contribution is -2.35. The molecule has 2 aromatic carbocycles. The summed E-state index contributed by atoms with van der Waals surface area (Å²) in [5.74, 6) is -0.214. The minimum atomic E-state index is -0.473. The van der Waals surface area contributed by atoms with E-state index in [1.165, 1.54) is 31.4 Å². The van der Waals surface area contributed by atoms with Crippen LogP contribution in [0.5, 0.6) is 11.5 Å². The Balaban J connectivity index is 1.72. The molecule has 4 rings (SSSR count). The van der Waals surface area contributed by atoms with Gasteiger partial charge in [-0.1, -0.05) is 12.1 Å². The first-order chi connectivity index (χ1) is 13.6. The van der Waals surface area contributed by atoms with E-state index in [4.69, 9.17) is 14.2 Å². The SMILES string of the molecule is COCCN1C(=O)C(Nc2ccc3c(c2)OCO3)=C(c2ccc(F)cc2)C1=O. The molecule has 0 spiro atoms. The summed E-state index contributed by atoms with van der Waals surface area (Å²) in [5, 5.41) is 3.02. The zero-order valence-corrected chi connectivity index (χ0v) is 15.0. The van der Waals surface area contributed by atoms with E-state index in [2.05, 4.69) is 5.32 Å². The molecule has 0 saturated carbocycles. The van der Waals surface area contributed by atoms with E-state index in [-0.39, 0.29) is 31.2 Å². The predicted molar refractivity (Wildman–Crippen MR) is 98.1 cm³/mol. The Bertz CT molecular complexity index is 971. The number of hydrogen-bond donors (Lipinski definition) is 1. The number of methoxy groups -OCH3 is 1. The van der Waals surface area contributed by atoms with Crippen LogP contribution in [-0.4, -0.2) is 43.8 Å². The molecule has 2 aromatic rings. The first kappa shape index (κ1) is 18.0. The second-order valence-corrected chi connectivity index (χ2v) is 6.20. The molecule has 0 fully saturated rings. The van der Waals surface area contributed by atoms with E-state index in [0.29, 0.717) is 22.7 Å². The normalized spacial score (nSPS) is 15.6. The van der Waals surface area contributed by atoms with Crippen molar-refractivity contribution < 1.29 is 28.2 Å². The fraction of sp³-hybridized carbons (Fsp3) is 0.200. The number of rotatable bonds is 6. The van der Waals surface area contributed by atoms with Crippen molar-refractivity contribution in [2.45, 2.75) is 0 Å². The van der Waals surface area contributed by atoms with Gasteiger partial charge in [0.05, 0.1) is 18.7 Å². The first-order valence-corrected chi connectivity index (χ1v) is 8.60. The summed E-state index contributed by atoms with van der Waals surface area (Å²) >= 11 is 0. The Kier molecular flexibility index (Phi) is 4.70. The van der Waals surface area contributed by atoms with E-state index in [9.17, 15) is 14.0 Å². The first-order valence-electron chi connectivity index (χ1n) is 8.60. The largest absolute Gasteiger partial charge is 0.454 e. The van der Waals surface area contributed by atoms with Gasteiger partial charge in [0, 0.05) is 18.9 Å². The number of hydrogen-bond acceptors (Lipinski definition) is 6. The number of halogens is 1. The van der Waals surface area contributed by atoms with Crippen LogP contribution in [0.15, 0.2) is 48.2 Å². The highest BCUT2D eigenvalue weighted by atomic mass is 19.1. The highest BCUT2D eigenvalue weighted by molar-refractivity contribution is 6.36. The number of nitrogens with zero attached hydrogens (tertiary/aromatic N) is 1. The fourth-order valence-electron chi connectivity index (χ4n) is 3.08. The van der Waals surface area contributed by atoms with Crippen LogP contribution >= 0.6 is 0 Å². The van der Waals surface area contributed by atoms with Crippen molar-refractivity contribution >= 4 is 23.1 Å². The van der Waals surface area contributed by atoms with Crippen LogP contribution in [0, 0.1) is 5.82 Å². The van der Waals surface area contributed by atoms with Gasteiger partial charge in [0.25, 0.3) is 11.8 Å². The van der Waals surface area contributed by atoms with Gasteiger partial charge in [0.1, 0.15) is 11.5 Å². The zero-order valence-electron chi connectivity index (χ0n) is 15.0. The Labute approximate surface area is 160 Å². The van der Waals surface area contributed by atoms with Gasteiger partial charge in [-0.3, -0.25) is 14.5 Å². The monoisotopic (exact) mass is 384 g/mol. The van der Waals surface area contributed by atoms with Gasteiger partial charge in [-0.05, 0) is 29.8 Å². The molecule has 0 aromatic heterocycles. The Morgan fingerprint density at radius 3 is 2.57 bits per heavy atom. The zero-order chi connectivity index (χ0) is 19.7. The average molecular weight is 384 g/mol. The highest BCUT2D eigenvalue weighted by Crippen LogP contribution is 2.36. The number of nitrogens with one attached hydrogen (secondary N) is 1. The van der Waals surface area contributed by atoms with Crippen molar-refractivity contribution in [2.24, 2.45) is 0 Å². The van der Waals surface area contributed by atoms with Crippen molar-refractivity contribution in [3.8, 4) is 11.5 Å². The van der Waals surface area contributed by atoms with E-state index >= 15 is 0 Å². The molecule has 0 radical (unpaired) electrons. The standard InChI is InChI=1S/C20H17FN2O5/c1-26-9-8-23-19(24)17(12-2-4-13(21)5-3-12)18(20(23)25)22-14-6-7-15-16(10-14)28-11-27-15/h2-7,10,22H,8-9,11H2,1H3. The number of benzene rings is 2. The van der Waals surface area contributed by atoms with Crippen LogP contribution < -0.4 is 14.8 Å². The van der Waals surface area contributed by atoms with Crippen LogP contribution in [0.3, 0.4) is 0 Å². The maximum absolute atomic E-state index is 13.3. The van der Waals surface area contributed by atoms with Crippen LogP contribution in [0.4, 0.5) is 10.1 Å². The van der Waals surface area contributed by atoms with Gasteiger partial charge in [-0.2, -0.15) is 0 Å². The van der Waals surface area contributed by atoms with Crippen molar-refractivity contribution in [1.82, 2.24) is 4.90 Å². The lowest BCUT2D eigenvalue weighted by molar-refractivity contribution is -0.137. The van der Waals surface area contributed by atoms with Crippen LogP contribution in [-0.2, 0) is 14.3 Å². The summed E-state index contributed by atoms with van der Waals surface area (Å²) < 4.78 is 29.0. The van der Waals surface area contributed by atoms with Crippen molar-refractivity contribution in [1.29, 1.82) is 0 Å². The van der Waals surface area contributed by atoms with Gasteiger partial charge in [0.15, 0.2) is 11.5 Å². The third-order valence-corrected chi connectivity index (χ3v) is 4.46. The second kappa shape index (κ2) is 7.32. The average Bonchev–Trinajstić information content (AvgIpc) is 3.24. The number of imide groups is 1. The Morgan fingerprint density at radius 2 is 1.82 bits per heavy atom. The Hall–Kier alpha value is -3.39. The lowest BCUT2D eigenvalue weighted by atomic mass is 10.0. The number of fused-ring (bicyclic) bond motifs is 1. The van der Waals surface area contributed by atoms with Crippen molar-refractivity contribution in [3.05, 3.63) is 59.5 Å². The molecule has 28 heavy (non-hydrogen) atoms. The number of anilines is 1. The predicted octanol–water partition coefficient (Wildman–Crippen LogP) is 2.39. The third kappa shape index (κ3) is 3.18. The van der Waals surface area contributed by atoms with Gasteiger partial charge in [0.2, 0.25) is 6.79 Å². The molecule has 2 aliphatic rings. The molecule has 0 aliphatic carbocycles. The van der Waals surface area contributed by atoms with E-state index in [1.54, 1.807) is 18.2 Å². The molecule has 1 N–H and O–H groups in total. The molecule has 2 heterocycles. The topological polar surface area (TPSA) is 77.1 Å². The van der Waals surface area contributed by atoms with E-state index in [1.807, 2.05) is 0 Å². The fourth-order valence-corrected chi connectivity index (χ4v) is 3.08. The molecular formula is C20H17FN2O5. The molecule has 2 aliphatic heterocycles. The number of ether oxygens (including phenoxy) is 3. The molecular weight excluding hydrogens is 367 g/mol. The van der Waals surface area contributed by atoms with E-state index < -0.39 is 17.6 Å². The van der Waals surface area contributed by atoms with Crippen molar-refractivity contribution in [2.75, 3.05) is 32.4 Å². The molecule has 144 valence electrons. The summed E-state index contributed by atoms with van der Waals surface area (Å²) in [6, 6.07) is 10.6. The minimum Gasteiger partial charge on any atom is -0.454 e. The maximum atomic E-state index is 13.3. The maximum Gasteiger partial charge on any atom is 0.278 e. The van der Waals surface area contributed by atoms with Crippen molar-refractivity contribution in [3.63, 3.8) is 0 Å². The summed E-state index contributed by atoms with van der Waals surface area (Å²) in [7, 11) is 1.49. The number of amides is 2. The number of carbonyl (C=O) groups excluding carboxylic acids is 2. The molecule has 7 nitrogen and oxygen atoms in total. The number of carbonyl (C=O) groups is 2. The lowest BCUT2D eigenvalue weighted by Gasteiger charge is -2.14. The highest BCUT2D eigenvalue weighted by Gasteiger charge is 2.39. The summed E-state index contributed by atoms with van der Waals surface area (Å²) in [6.07, 6.45) is 0. The molecule has 0 saturated heterocycles. The van der Waals surface area contributed by atoms with Gasteiger partial charge >= 0.3 is 0 Å². The Morgan fingerprint density at radius 1 is 1.07 bits per heavy atom. The molecule has 0 bridgehead atoms. The second-order valence-electron chi connectivity index (χ2n) is 6.20. The van der Waals surface area contributed by atoms with E-state index in [0.717, 1.165) is 4.90 Å². The van der Waals surface area contributed by atoms with Crippen LogP contribution in [0.25, 0.3) is 5.57 Å². The summed E-state index contributed by atoms with van der Waals surface area (Å²) in [4.78, 5) is 26.9. The van der Waals surface area contributed by atoms with Gasteiger partial charge in [-0.15, -0.1) is 0 Å². The van der Waals surface area contributed by atoms with Crippen LogP contribution in [0.1, 0.15) is 5.56 Å². The quantitative estimate of drug-likeness (QED) is 0.771. The smallest absolute Gasteiger partial charge is 0.278 e. The molecule has 2 amide bonds. The summed E-state index contributed by atoms with van der Waals surface area (Å²) in [5.41, 5.74) is 1.31. The molecule has 8 heteroatoms. The van der Waals surface area contributed by atoms with Crippen LogP contribution in [0.2, 0.25) is 0 Å². The molecule has 0 atom stereocenters. The third-order valence-electron chi connectivity index (χ3n) is 4.46. The van der Waals surface area contributed by atoms with Gasteiger partial charge < -0.3 is 19.5 Å². The van der Waals surface area contributed by atoms with Gasteiger partial charge in [-0.25, -0.2) is 4.39 Å². The minimum absolute atomic E-state index is 0.116. The summed E-state index contributed by atoms with van der Waals surface area (Å²) in [6.45, 7) is 0.460.